The van der Waals surface area contributed by atoms with E-state index in [9.17, 15) is 14.4 Å². The molecule has 2 rings (SSSR count). The van der Waals surface area contributed by atoms with Gasteiger partial charge in [0.2, 0.25) is 0 Å². The summed E-state index contributed by atoms with van der Waals surface area (Å²) in [4.78, 5) is 41.5. The molecule has 1 heterocycles. The second-order valence-corrected chi connectivity index (χ2v) is 4.22. The number of fused-ring (bicyclic) bond motifs is 1. The van der Waals surface area contributed by atoms with Crippen molar-refractivity contribution in [2.45, 2.75) is 12.5 Å². The summed E-state index contributed by atoms with van der Waals surface area (Å²) in [7, 11) is 0. The maximum atomic E-state index is 12.0. The fourth-order valence-corrected chi connectivity index (χ4v) is 1.72. The molecule has 21 heavy (non-hydrogen) atoms. The average molecular weight is 289 g/mol. The van der Waals surface area contributed by atoms with E-state index >= 15 is 0 Å². The molecular formula is C13H11N3O5. The van der Waals surface area contributed by atoms with Gasteiger partial charge in [0, 0.05) is 18.0 Å². The number of amides is 1. The van der Waals surface area contributed by atoms with Crippen LogP contribution in [-0.4, -0.2) is 44.1 Å². The number of benzene rings is 1. The zero-order valence-corrected chi connectivity index (χ0v) is 10.7. The van der Waals surface area contributed by atoms with Crippen molar-refractivity contribution in [3.63, 3.8) is 0 Å². The lowest BCUT2D eigenvalue weighted by atomic mass is 10.1. The summed E-state index contributed by atoms with van der Waals surface area (Å²) >= 11 is 0. The molecule has 1 aromatic heterocycles. The number of hydrogen-bond acceptors (Lipinski definition) is 5. The van der Waals surface area contributed by atoms with E-state index in [0.29, 0.717) is 11.0 Å². The normalized spacial score (nSPS) is 11.8. The van der Waals surface area contributed by atoms with Crippen molar-refractivity contribution in [3.05, 3.63) is 36.2 Å². The number of carbonyl (C=O) groups is 3. The Morgan fingerprint density at radius 3 is 2.38 bits per heavy atom. The van der Waals surface area contributed by atoms with Gasteiger partial charge in [-0.15, -0.1) is 0 Å². The highest BCUT2D eigenvalue weighted by Gasteiger charge is 2.23. The monoisotopic (exact) mass is 289 g/mol. The lowest BCUT2D eigenvalue weighted by molar-refractivity contribution is -0.145. The number of hydrogen-bond donors (Lipinski definition) is 3. The molecule has 0 saturated carbocycles. The number of rotatable bonds is 5. The Bertz CT molecular complexity index is 716. The van der Waals surface area contributed by atoms with Gasteiger partial charge in [-0.25, -0.2) is 4.79 Å². The van der Waals surface area contributed by atoms with Gasteiger partial charge < -0.3 is 15.5 Å². The van der Waals surface area contributed by atoms with Crippen LogP contribution in [0.3, 0.4) is 0 Å². The number of nitrogens with zero attached hydrogens (tertiary/aromatic N) is 2. The van der Waals surface area contributed by atoms with Crippen molar-refractivity contribution < 1.29 is 24.6 Å². The Labute approximate surface area is 118 Å². The van der Waals surface area contributed by atoms with Gasteiger partial charge in [-0.3, -0.25) is 19.6 Å². The van der Waals surface area contributed by atoms with Crippen LogP contribution in [0.2, 0.25) is 0 Å². The maximum Gasteiger partial charge on any atom is 0.326 e. The largest absolute Gasteiger partial charge is 0.481 e. The molecule has 108 valence electrons. The fraction of sp³-hybridized carbons (Fsp3) is 0.154. The summed E-state index contributed by atoms with van der Waals surface area (Å²) in [5, 5.41) is 19.7. The minimum absolute atomic E-state index is 0.180. The van der Waals surface area contributed by atoms with E-state index in [1.165, 1.54) is 24.5 Å². The number of carbonyl (C=O) groups excluding carboxylic acids is 1. The van der Waals surface area contributed by atoms with Gasteiger partial charge >= 0.3 is 11.9 Å². The fourth-order valence-electron chi connectivity index (χ4n) is 1.72. The van der Waals surface area contributed by atoms with Crippen LogP contribution in [0.4, 0.5) is 0 Å². The van der Waals surface area contributed by atoms with Crippen LogP contribution >= 0.6 is 0 Å². The second kappa shape index (κ2) is 5.95. The zero-order valence-electron chi connectivity index (χ0n) is 10.7. The minimum atomic E-state index is -1.49. The quantitative estimate of drug-likeness (QED) is 0.721. The topological polar surface area (TPSA) is 129 Å². The first-order valence-corrected chi connectivity index (χ1v) is 5.93. The molecule has 0 fully saturated rings. The summed E-state index contributed by atoms with van der Waals surface area (Å²) in [5.74, 6) is -3.41. The summed E-state index contributed by atoms with van der Waals surface area (Å²) in [6, 6.07) is 3.00. The molecule has 1 amide bonds. The number of nitrogens with one attached hydrogen (secondary N) is 1. The van der Waals surface area contributed by atoms with Gasteiger partial charge in [-0.1, -0.05) is 0 Å². The molecule has 3 N–H and O–H groups in total. The molecule has 1 atom stereocenters. The summed E-state index contributed by atoms with van der Waals surface area (Å²) in [5.41, 5.74) is 1.25. The van der Waals surface area contributed by atoms with E-state index in [4.69, 9.17) is 10.2 Å². The molecule has 1 aromatic carbocycles. The van der Waals surface area contributed by atoms with Crippen molar-refractivity contribution in [1.82, 2.24) is 15.3 Å². The third-order valence-corrected chi connectivity index (χ3v) is 2.71. The molecule has 0 aliphatic heterocycles. The van der Waals surface area contributed by atoms with Crippen LogP contribution in [0.25, 0.3) is 11.0 Å². The molecule has 8 heteroatoms. The first-order valence-electron chi connectivity index (χ1n) is 5.93. The summed E-state index contributed by atoms with van der Waals surface area (Å²) < 4.78 is 0. The molecule has 0 aliphatic carbocycles. The van der Waals surface area contributed by atoms with E-state index in [0.717, 1.165) is 0 Å². The number of carboxylic acids is 2. The molecule has 0 bridgehead atoms. The van der Waals surface area contributed by atoms with Gasteiger partial charge in [0.05, 0.1) is 17.5 Å². The average Bonchev–Trinajstić information content (AvgIpc) is 2.45. The summed E-state index contributed by atoms with van der Waals surface area (Å²) in [6.45, 7) is 0. The Morgan fingerprint density at radius 2 is 1.76 bits per heavy atom. The van der Waals surface area contributed by atoms with Crippen LogP contribution in [-0.2, 0) is 9.59 Å². The van der Waals surface area contributed by atoms with Gasteiger partial charge in [0.1, 0.15) is 6.04 Å². The van der Waals surface area contributed by atoms with Crippen LogP contribution in [0, 0.1) is 0 Å². The number of aromatic nitrogens is 2. The molecule has 0 spiro atoms. The van der Waals surface area contributed by atoms with E-state index in [-0.39, 0.29) is 5.56 Å². The van der Waals surface area contributed by atoms with Crippen LogP contribution in [0.1, 0.15) is 16.8 Å². The highest BCUT2D eigenvalue weighted by molar-refractivity contribution is 5.99. The Kier molecular flexibility index (Phi) is 4.07. The highest BCUT2D eigenvalue weighted by atomic mass is 16.4. The molecule has 1 unspecified atom stereocenters. The van der Waals surface area contributed by atoms with Crippen molar-refractivity contribution in [3.8, 4) is 0 Å². The van der Waals surface area contributed by atoms with Crippen LogP contribution in [0.5, 0.6) is 0 Å². The summed E-state index contributed by atoms with van der Waals surface area (Å²) in [6.07, 6.45) is 2.28. The molecule has 0 radical (unpaired) electrons. The SMILES string of the molecule is O=C(O)CC(NC(=O)c1ccc2nccnc2c1)C(=O)O. The van der Waals surface area contributed by atoms with Crippen molar-refractivity contribution >= 4 is 28.9 Å². The molecule has 0 aliphatic rings. The standard InChI is InChI=1S/C13H11N3O5/c17-11(18)6-10(13(20)21)16-12(19)7-1-2-8-9(5-7)15-4-3-14-8/h1-5,10H,6H2,(H,16,19)(H,17,18)(H,20,21). The van der Waals surface area contributed by atoms with E-state index in [2.05, 4.69) is 15.3 Å². The highest BCUT2D eigenvalue weighted by Crippen LogP contribution is 2.11. The van der Waals surface area contributed by atoms with Crippen LogP contribution in [0.15, 0.2) is 30.6 Å². The lowest BCUT2D eigenvalue weighted by Gasteiger charge is -2.12. The molecule has 2 aromatic rings. The first kappa shape index (κ1) is 14.4. The molecule has 0 saturated heterocycles. The van der Waals surface area contributed by atoms with E-state index in [1.54, 1.807) is 6.07 Å². The van der Waals surface area contributed by atoms with Crippen molar-refractivity contribution in [2.75, 3.05) is 0 Å². The third-order valence-electron chi connectivity index (χ3n) is 2.71. The first-order chi connectivity index (χ1) is 9.97. The second-order valence-electron chi connectivity index (χ2n) is 4.22. The zero-order chi connectivity index (χ0) is 15.4. The van der Waals surface area contributed by atoms with Gasteiger partial charge in [-0.2, -0.15) is 0 Å². The van der Waals surface area contributed by atoms with Crippen molar-refractivity contribution in [2.24, 2.45) is 0 Å². The van der Waals surface area contributed by atoms with E-state index < -0.39 is 30.3 Å². The Balaban J connectivity index is 2.20. The minimum Gasteiger partial charge on any atom is -0.481 e. The molecular weight excluding hydrogens is 278 g/mol. The lowest BCUT2D eigenvalue weighted by Crippen LogP contribution is -2.42. The maximum absolute atomic E-state index is 12.0. The van der Waals surface area contributed by atoms with E-state index in [1.807, 2.05) is 0 Å². The Hall–Kier alpha value is -3.03. The van der Waals surface area contributed by atoms with Crippen LogP contribution < -0.4 is 5.32 Å². The van der Waals surface area contributed by atoms with Gasteiger partial charge in [0.15, 0.2) is 0 Å². The van der Waals surface area contributed by atoms with Gasteiger partial charge in [0.25, 0.3) is 5.91 Å². The predicted octanol–water partition coefficient (Wildman–Crippen LogP) is 0.287. The van der Waals surface area contributed by atoms with Gasteiger partial charge in [-0.05, 0) is 18.2 Å². The third kappa shape index (κ3) is 3.50. The van der Waals surface area contributed by atoms with Crippen molar-refractivity contribution in [1.29, 1.82) is 0 Å². The predicted molar refractivity (Wildman–Crippen MR) is 70.7 cm³/mol. The number of carboxylic acid groups (broad SMARTS) is 2. The smallest absolute Gasteiger partial charge is 0.326 e. The number of aliphatic carboxylic acids is 2. The Morgan fingerprint density at radius 1 is 1.10 bits per heavy atom. The molecule has 8 nitrogen and oxygen atoms in total.